The third-order valence-corrected chi connectivity index (χ3v) is 1.34. The fourth-order valence-electron chi connectivity index (χ4n) is 0.830. The first kappa shape index (κ1) is 16.1. The van der Waals surface area contributed by atoms with E-state index < -0.39 is 20.1 Å². The van der Waals surface area contributed by atoms with Gasteiger partial charge in [-0.3, -0.25) is 0 Å². The predicted molar refractivity (Wildman–Crippen MR) is 63.0 cm³/mol. The fourth-order valence-corrected chi connectivity index (χ4v) is 0.830. The van der Waals surface area contributed by atoms with Crippen LogP contribution in [0.2, 0.25) is 0 Å². The zero-order valence-electron chi connectivity index (χ0n) is 8.69. The SMILES string of the molecule is CCOC(=O)c1cccc(F)c1.O=S(=O)(Cl)Cl. The van der Waals surface area contributed by atoms with Crippen molar-refractivity contribution in [2.75, 3.05) is 6.61 Å². The molecule has 0 N–H and O–H groups in total. The zero-order chi connectivity index (χ0) is 13.5. The molecular weight excluding hydrogens is 294 g/mol. The van der Waals surface area contributed by atoms with E-state index in [1.54, 1.807) is 6.92 Å². The van der Waals surface area contributed by atoms with E-state index in [2.05, 4.69) is 26.1 Å². The van der Waals surface area contributed by atoms with E-state index in [1.807, 2.05) is 0 Å². The second-order valence-corrected chi connectivity index (χ2v) is 6.28. The second kappa shape index (κ2) is 7.47. The molecule has 0 unspecified atom stereocenters. The number of halogens is 3. The normalized spacial score (nSPS) is 10.1. The Hall–Kier alpha value is -0.850. The van der Waals surface area contributed by atoms with Gasteiger partial charge in [-0.2, -0.15) is 8.42 Å². The van der Waals surface area contributed by atoms with E-state index in [0.29, 0.717) is 6.61 Å². The maximum absolute atomic E-state index is 12.6. The Morgan fingerprint density at radius 1 is 1.41 bits per heavy atom. The molecule has 0 aliphatic carbocycles. The van der Waals surface area contributed by atoms with E-state index in [4.69, 9.17) is 8.42 Å². The van der Waals surface area contributed by atoms with Gasteiger partial charge in [-0.15, -0.1) is 0 Å². The van der Waals surface area contributed by atoms with Gasteiger partial charge in [0.2, 0.25) is 0 Å². The molecule has 1 aromatic carbocycles. The first-order valence-corrected chi connectivity index (χ1v) is 7.44. The number of benzene rings is 1. The number of esters is 1. The minimum absolute atomic E-state index is 0.247. The number of ether oxygens (including phenoxy) is 1. The van der Waals surface area contributed by atoms with E-state index in [1.165, 1.54) is 18.2 Å². The Labute approximate surface area is 107 Å². The Balaban J connectivity index is 0.000000437. The summed E-state index contributed by atoms with van der Waals surface area (Å²) in [6.45, 7) is 2.01. The molecule has 0 atom stereocenters. The van der Waals surface area contributed by atoms with Crippen LogP contribution in [0.1, 0.15) is 17.3 Å². The van der Waals surface area contributed by atoms with Crippen molar-refractivity contribution in [2.45, 2.75) is 6.92 Å². The summed E-state index contributed by atoms with van der Waals surface area (Å²) >= 11 is 0. The van der Waals surface area contributed by atoms with Crippen LogP contribution in [0.3, 0.4) is 0 Å². The highest BCUT2D eigenvalue weighted by molar-refractivity contribution is 8.31. The number of carbonyl (C=O) groups excluding carboxylic acids is 1. The standard InChI is InChI=1S/C9H9FO2.Cl2O2S/c1-2-12-9(11)7-4-3-5-8(10)6-7;1-5(2,3)4/h3-6H,2H2,1H3;. The quantitative estimate of drug-likeness (QED) is 0.622. The van der Waals surface area contributed by atoms with Crippen LogP contribution in [0.15, 0.2) is 24.3 Å². The molecule has 8 heteroatoms. The van der Waals surface area contributed by atoms with Gasteiger partial charge in [-0.05, 0) is 25.1 Å². The lowest BCUT2D eigenvalue weighted by molar-refractivity contribution is 0.0526. The molecule has 0 amide bonds. The van der Waals surface area contributed by atoms with Crippen molar-refractivity contribution < 1.29 is 22.3 Å². The molecule has 0 aliphatic rings. The van der Waals surface area contributed by atoms with Crippen LogP contribution in [0.5, 0.6) is 0 Å². The maximum Gasteiger partial charge on any atom is 0.338 e. The molecule has 0 saturated carbocycles. The molecule has 0 spiro atoms. The lowest BCUT2D eigenvalue weighted by Gasteiger charge is -2.00. The number of hydrogen-bond donors (Lipinski definition) is 0. The van der Waals surface area contributed by atoms with Crippen LogP contribution < -0.4 is 0 Å². The van der Waals surface area contributed by atoms with E-state index in [-0.39, 0.29) is 5.56 Å². The van der Waals surface area contributed by atoms with Crippen LogP contribution in [-0.4, -0.2) is 21.0 Å². The molecule has 0 radical (unpaired) electrons. The highest BCUT2D eigenvalue weighted by Gasteiger charge is 2.05. The van der Waals surface area contributed by atoms with Crippen molar-refractivity contribution in [2.24, 2.45) is 0 Å². The molecule has 4 nitrogen and oxygen atoms in total. The number of hydrogen-bond acceptors (Lipinski definition) is 4. The molecule has 96 valence electrons. The van der Waals surface area contributed by atoms with E-state index in [9.17, 15) is 9.18 Å². The summed E-state index contributed by atoms with van der Waals surface area (Å²) in [6.07, 6.45) is 0. The van der Waals surface area contributed by atoms with Gasteiger partial charge in [0.15, 0.2) is 0 Å². The molecule has 0 heterocycles. The molecular formula is C9H9Cl2FO4S. The summed E-state index contributed by atoms with van der Waals surface area (Å²) < 4.78 is 35.6. The van der Waals surface area contributed by atoms with Crippen molar-refractivity contribution in [1.82, 2.24) is 0 Å². The largest absolute Gasteiger partial charge is 0.462 e. The van der Waals surface area contributed by atoms with Crippen molar-refractivity contribution in [3.8, 4) is 0 Å². The van der Waals surface area contributed by atoms with Gasteiger partial charge >= 0.3 is 14.2 Å². The molecule has 0 bridgehead atoms. The summed E-state index contributed by atoms with van der Waals surface area (Å²) in [4.78, 5) is 11.0. The van der Waals surface area contributed by atoms with Gasteiger partial charge in [-0.25, -0.2) is 9.18 Å². The van der Waals surface area contributed by atoms with Gasteiger partial charge in [0.1, 0.15) is 5.82 Å². The van der Waals surface area contributed by atoms with Gasteiger partial charge in [0, 0.05) is 21.4 Å². The maximum atomic E-state index is 12.6. The number of rotatable bonds is 2. The fraction of sp³-hybridized carbons (Fsp3) is 0.222. The first-order chi connectivity index (χ1) is 7.74. The summed E-state index contributed by atoms with van der Waals surface area (Å²) in [5, 5.41) is 0. The summed E-state index contributed by atoms with van der Waals surface area (Å²) in [7, 11) is 4.81. The second-order valence-electron chi connectivity index (χ2n) is 2.61. The summed E-state index contributed by atoms with van der Waals surface area (Å²) in [6, 6.07) is 5.42. The highest BCUT2D eigenvalue weighted by atomic mass is 36.0. The van der Waals surface area contributed by atoms with Gasteiger partial charge in [-0.1, -0.05) is 6.07 Å². The first-order valence-electron chi connectivity index (χ1n) is 4.31. The average Bonchev–Trinajstić information content (AvgIpc) is 2.15. The van der Waals surface area contributed by atoms with Crippen LogP contribution >= 0.6 is 21.4 Å². The Morgan fingerprint density at radius 3 is 2.35 bits per heavy atom. The molecule has 1 rings (SSSR count). The summed E-state index contributed by atoms with van der Waals surface area (Å²) in [5.74, 6) is -0.919. The minimum Gasteiger partial charge on any atom is -0.462 e. The zero-order valence-corrected chi connectivity index (χ0v) is 11.0. The van der Waals surface area contributed by atoms with Crippen LogP contribution in [0.4, 0.5) is 4.39 Å². The average molecular weight is 303 g/mol. The lowest BCUT2D eigenvalue weighted by Crippen LogP contribution is -2.04. The van der Waals surface area contributed by atoms with Crippen molar-refractivity contribution >= 4 is 35.6 Å². The summed E-state index contributed by atoms with van der Waals surface area (Å²) in [5.41, 5.74) is 0.247. The molecule has 0 fully saturated rings. The third-order valence-electron chi connectivity index (χ3n) is 1.34. The molecule has 0 aromatic heterocycles. The highest BCUT2D eigenvalue weighted by Crippen LogP contribution is 2.04. The predicted octanol–water partition coefficient (Wildman–Crippen LogP) is 2.71. The smallest absolute Gasteiger partial charge is 0.338 e. The monoisotopic (exact) mass is 302 g/mol. The Kier molecular flexibility index (Phi) is 7.10. The van der Waals surface area contributed by atoms with Gasteiger partial charge in [0.05, 0.1) is 12.2 Å². The molecule has 0 aliphatic heterocycles. The Bertz CT molecular complexity index is 468. The Morgan fingerprint density at radius 2 is 1.94 bits per heavy atom. The van der Waals surface area contributed by atoms with Gasteiger partial charge < -0.3 is 4.74 Å². The van der Waals surface area contributed by atoms with Gasteiger partial charge in [0.25, 0.3) is 0 Å². The van der Waals surface area contributed by atoms with Crippen LogP contribution in [0, 0.1) is 5.82 Å². The van der Waals surface area contributed by atoms with E-state index >= 15 is 0 Å². The molecule has 17 heavy (non-hydrogen) atoms. The van der Waals surface area contributed by atoms with Crippen molar-refractivity contribution in [3.05, 3.63) is 35.6 Å². The van der Waals surface area contributed by atoms with Crippen molar-refractivity contribution in [3.63, 3.8) is 0 Å². The van der Waals surface area contributed by atoms with Crippen LogP contribution in [-0.2, 0) is 13.0 Å². The third kappa shape index (κ3) is 10.0. The topological polar surface area (TPSA) is 60.4 Å². The minimum atomic E-state index is -3.72. The van der Waals surface area contributed by atoms with Crippen molar-refractivity contribution in [1.29, 1.82) is 0 Å². The van der Waals surface area contributed by atoms with E-state index in [0.717, 1.165) is 6.07 Å². The van der Waals surface area contributed by atoms with Crippen LogP contribution in [0.25, 0.3) is 0 Å². The lowest BCUT2D eigenvalue weighted by atomic mass is 10.2. The molecule has 1 aromatic rings. The number of carbonyl (C=O) groups is 1. The molecule has 0 saturated heterocycles.